The number of aromatic amines is 1. The fourth-order valence-corrected chi connectivity index (χ4v) is 4.65. The van der Waals surface area contributed by atoms with E-state index in [9.17, 15) is 14.0 Å². The quantitative estimate of drug-likeness (QED) is 0.632. The smallest absolute Gasteiger partial charge is 0.242 e. The molecule has 1 aromatic heterocycles. The summed E-state index contributed by atoms with van der Waals surface area (Å²) in [5, 5.41) is 3.87. The number of fused-ring (bicyclic) bond motifs is 1. The summed E-state index contributed by atoms with van der Waals surface area (Å²) >= 11 is 1.32. The van der Waals surface area contributed by atoms with Gasteiger partial charge in [0.05, 0.1) is 0 Å². The van der Waals surface area contributed by atoms with Crippen molar-refractivity contribution >= 4 is 45.3 Å². The molecule has 2 heterocycles. The van der Waals surface area contributed by atoms with Crippen molar-refractivity contribution in [3.8, 4) is 0 Å². The van der Waals surface area contributed by atoms with Crippen LogP contribution in [-0.4, -0.2) is 45.7 Å². The van der Waals surface area contributed by atoms with E-state index < -0.39 is 5.25 Å². The van der Waals surface area contributed by atoms with Crippen LogP contribution in [0.2, 0.25) is 0 Å². The molecule has 0 radical (unpaired) electrons. The molecule has 154 valence electrons. The van der Waals surface area contributed by atoms with Gasteiger partial charge in [-0.25, -0.2) is 4.39 Å². The van der Waals surface area contributed by atoms with Crippen molar-refractivity contribution in [3.05, 3.63) is 66.1 Å². The van der Waals surface area contributed by atoms with Crippen molar-refractivity contribution in [2.24, 2.45) is 4.99 Å². The second-order valence-electron chi connectivity index (χ2n) is 6.97. The second-order valence-corrected chi connectivity index (χ2v) is 8.14. The van der Waals surface area contributed by atoms with E-state index in [0.29, 0.717) is 23.8 Å². The third-order valence-electron chi connectivity index (χ3n) is 4.97. The molecule has 6 nitrogen and oxygen atoms in total. The maximum Gasteiger partial charge on any atom is 0.242 e. The van der Waals surface area contributed by atoms with Crippen molar-refractivity contribution < 1.29 is 14.0 Å². The molecule has 1 aliphatic heterocycles. The van der Waals surface area contributed by atoms with Crippen molar-refractivity contribution in [3.63, 3.8) is 0 Å². The number of hydrogen-bond acceptors (Lipinski definition) is 4. The summed E-state index contributed by atoms with van der Waals surface area (Å²) in [7, 11) is 1.64. The number of H-pyrrole nitrogens is 1. The molecule has 0 saturated carbocycles. The zero-order valence-corrected chi connectivity index (χ0v) is 17.2. The van der Waals surface area contributed by atoms with E-state index in [4.69, 9.17) is 0 Å². The molecule has 0 unspecified atom stereocenters. The average Bonchev–Trinajstić information content (AvgIpc) is 3.27. The number of carbonyl (C=O) groups is 2. The first-order valence-electron chi connectivity index (χ1n) is 9.60. The van der Waals surface area contributed by atoms with E-state index in [1.165, 1.54) is 23.9 Å². The topological polar surface area (TPSA) is 77.6 Å². The minimum atomic E-state index is -0.496. The van der Waals surface area contributed by atoms with Crippen LogP contribution in [0.3, 0.4) is 0 Å². The van der Waals surface area contributed by atoms with Crippen LogP contribution in [0.1, 0.15) is 12.0 Å². The highest BCUT2D eigenvalue weighted by Gasteiger charge is 2.38. The van der Waals surface area contributed by atoms with Gasteiger partial charge in [-0.15, -0.1) is 0 Å². The van der Waals surface area contributed by atoms with Crippen molar-refractivity contribution in [2.75, 3.05) is 18.9 Å². The SMILES string of the molecule is CN=C1S[C@@H](CC(=O)Nc2ccccc2)C(=O)N1CCc1c[nH]c2cc(F)ccc12. The van der Waals surface area contributed by atoms with Gasteiger partial charge in [-0.2, -0.15) is 0 Å². The first-order chi connectivity index (χ1) is 14.5. The number of thioether (sulfide) groups is 1. The van der Waals surface area contributed by atoms with E-state index >= 15 is 0 Å². The number of para-hydroxylation sites is 1. The van der Waals surface area contributed by atoms with Crippen molar-refractivity contribution in [2.45, 2.75) is 18.1 Å². The molecule has 30 heavy (non-hydrogen) atoms. The number of nitrogens with zero attached hydrogens (tertiary/aromatic N) is 2. The van der Waals surface area contributed by atoms with Gasteiger partial charge in [0, 0.05) is 42.8 Å². The summed E-state index contributed by atoms with van der Waals surface area (Å²) in [6.07, 6.45) is 2.52. The summed E-state index contributed by atoms with van der Waals surface area (Å²) in [5.41, 5.74) is 2.44. The Morgan fingerprint density at radius 3 is 2.83 bits per heavy atom. The Morgan fingerprint density at radius 1 is 1.27 bits per heavy atom. The van der Waals surface area contributed by atoms with Crippen LogP contribution in [0.4, 0.5) is 10.1 Å². The van der Waals surface area contributed by atoms with Gasteiger partial charge in [-0.3, -0.25) is 19.5 Å². The molecule has 2 amide bonds. The normalized spacial score (nSPS) is 17.8. The monoisotopic (exact) mass is 424 g/mol. The standard InChI is InChI=1S/C22H21FN4O2S/c1-24-22-27(10-9-14-13-25-18-11-15(23)7-8-17(14)18)21(29)19(30-22)12-20(28)26-16-5-3-2-4-6-16/h2-8,11,13,19,25H,9-10,12H2,1H3,(H,26,28)/t19-/m0/s1. The van der Waals surface area contributed by atoms with Crippen LogP contribution in [0, 0.1) is 5.82 Å². The highest BCUT2D eigenvalue weighted by atomic mass is 32.2. The minimum absolute atomic E-state index is 0.0836. The van der Waals surface area contributed by atoms with Crippen LogP contribution in [0.15, 0.2) is 59.7 Å². The number of carbonyl (C=O) groups excluding carboxylic acids is 2. The predicted molar refractivity (Wildman–Crippen MR) is 118 cm³/mol. The molecule has 3 aromatic rings. The van der Waals surface area contributed by atoms with E-state index in [1.807, 2.05) is 24.4 Å². The second kappa shape index (κ2) is 8.71. The van der Waals surface area contributed by atoms with Gasteiger partial charge in [0.2, 0.25) is 11.8 Å². The summed E-state index contributed by atoms with van der Waals surface area (Å²) in [5.74, 6) is -0.614. The maximum absolute atomic E-state index is 13.4. The molecule has 0 aliphatic carbocycles. The van der Waals surface area contributed by atoms with Gasteiger partial charge in [0.1, 0.15) is 11.1 Å². The summed E-state index contributed by atoms with van der Waals surface area (Å²) in [6, 6.07) is 13.8. The van der Waals surface area contributed by atoms with Crippen LogP contribution in [-0.2, 0) is 16.0 Å². The van der Waals surface area contributed by atoms with Crippen LogP contribution < -0.4 is 5.32 Å². The maximum atomic E-state index is 13.4. The van der Waals surface area contributed by atoms with Gasteiger partial charge in [-0.05, 0) is 42.3 Å². The van der Waals surface area contributed by atoms with Gasteiger partial charge in [0.25, 0.3) is 0 Å². The highest BCUT2D eigenvalue weighted by molar-refractivity contribution is 8.15. The Labute approximate surface area is 177 Å². The number of amides is 2. The lowest BCUT2D eigenvalue weighted by atomic mass is 10.1. The number of rotatable bonds is 6. The number of benzene rings is 2. The third kappa shape index (κ3) is 4.23. The summed E-state index contributed by atoms with van der Waals surface area (Å²) < 4.78 is 13.4. The first kappa shape index (κ1) is 20.2. The van der Waals surface area contributed by atoms with Gasteiger partial charge >= 0.3 is 0 Å². The number of amidine groups is 1. The van der Waals surface area contributed by atoms with E-state index in [0.717, 1.165) is 16.5 Å². The molecule has 0 spiro atoms. The lowest BCUT2D eigenvalue weighted by Gasteiger charge is -2.16. The van der Waals surface area contributed by atoms with Crippen LogP contribution in [0.25, 0.3) is 10.9 Å². The number of aromatic nitrogens is 1. The van der Waals surface area contributed by atoms with Gasteiger partial charge in [-0.1, -0.05) is 30.0 Å². The molecule has 1 atom stereocenters. The molecular weight excluding hydrogens is 403 g/mol. The molecular formula is C22H21FN4O2S. The Morgan fingerprint density at radius 2 is 2.07 bits per heavy atom. The molecule has 4 rings (SSSR count). The molecule has 1 saturated heterocycles. The number of nitrogens with one attached hydrogen (secondary N) is 2. The molecule has 1 aliphatic rings. The Kier molecular flexibility index (Phi) is 5.85. The minimum Gasteiger partial charge on any atom is -0.361 e. The zero-order chi connectivity index (χ0) is 21.1. The molecule has 1 fully saturated rings. The average molecular weight is 425 g/mol. The zero-order valence-electron chi connectivity index (χ0n) is 16.4. The summed E-state index contributed by atoms with van der Waals surface area (Å²) in [4.78, 5) is 34.2. The number of aliphatic imine (C=N–C) groups is 1. The molecule has 2 N–H and O–H groups in total. The van der Waals surface area contributed by atoms with E-state index in [2.05, 4.69) is 15.3 Å². The number of halogens is 1. The largest absolute Gasteiger partial charge is 0.361 e. The lowest BCUT2D eigenvalue weighted by Crippen LogP contribution is -2.35. The van der Waals surface area contributed by atoms with Gasteiger partial charge in [0.15, 0.2) is 5.17 Å². The van der Waals surface area contributed by atoms with E-state index in [1.54, 1.807) is 30.1 Å². The summed E-state index contributed by atoms with van der Waals surface area (Å²) in [6.45, 7) is 0.444. The fourth-order valence-electron chi connectivity index (χ4n) is 3.52. The fraction of sp³-hybridized carbons (Fsp3) is 0.227. The lowest BCUT2D eigenvalue weighted by molar-refractivity contribution is -0.128. The Balaban J connectivity index is 1.41. The highest BCUT2D eigenvalue weighted by Crippen LogP contribution is 2.30. The van der Waals surface area contributed by atoms with E-state index in [-0.39, 0.29) is 24.1 Å². The van der Waals surface area contributed by atoms with Crippen LogP contribution in [0.5, 0.6) is 0 Å². The van der Waals surface area contributed by atoms with Crippen LogP contribution >= 0.6 is 11.8 Å². The predicted octanol–water partition coefficient (Wildman–Crippen LogP) is 3.81. The first-order valence-corrected chi connectivity index (χ1v) is 10.5. The van der Waals surface area contributed by atoms with Crippen molar-refractivity contribution in [1.29, 1.82) is 0 Å². The van der Waals surface area contributed by atoms with Gasteiger partial charge < -0.3 is 10.3 Å². The number of anilines is 1. The number of hydrogen-bond donors (Lipinski definition) is 2. The third-order valence-corrected chi connectivity index (χ3v) is 6.24. The van der Waals surface area contributed by atoms with Crippen molar-refractivity contribution in [1.82, 2.24) is 9.88 Å². The molecule has 2 aromatic carbocycles. The Bertz CT molecular complexity index is 1110. The molecule has 0 bridgehead atoms. The molecule has 8 heteroatoms. The Hall–Kier alpha value is -3.13.